The molecule has 0 fully saturated rings. The second-order valence-corrected chi connectivity index (χ2v) is 11.9. The van der Waals surface area contributed by atoms with E-state index in [1.165, 1.54) is 94.3 Å². The van der Waals surface area contributed by atoms with E-state index < -0.39 is 23.7 Å². The molecule has 0 saturated carbocycles. The lowest BCUT2D eigenvalue weighted by Gasteiger charge is -2.21. The third kappa shape index (κ3) is 22.4. The van der Waals surface area contributed by atoms with Crippen LogP contribution in [-0.2, 0) is 9.53 Å². The number of unbranched alkanes of at least 4 members (excludes halogenated alkanes) is 13. The maximum atomic E-state index is 11.7. The molecule has 184 valence electrons. The van der Waals surface area contributed by atoms with Crippen LogP contribution in [0.2, 0.25) is 0 Å². The summed E-state index contributed by atoms with van der Waals surface area (Å²) >= 11 is 0. The average molecular weight is 478 g/mol. The molecule has 5 nitrogen and oxygen atoms in total. The quantitative estimate of drug-likeness (QED) is 0.137. The van der Waals surface area contributed by atoms with Crippen LogP contribution in [0.25, 0.3) is 0 Å². The van der Waals surface area contributed by atoms with Gasteiger partial charge in [0.1, 0.15) is 11.6 Å². The smallest absolute Gasteiger partial charge is 0.408 e. The number of alkyl carbamates (subject to hydrolysis) is 1. The summed E-state index contributed by atoms with van der Waals surface area (Å²) in [7, 11) is 3.19. The van der Waals surface area contributed by atoms with Crippen LogP contribution < -0.4 is 5.32 Å². The molecule has 7 heteroatoms. The van der Waals surface area contributed by atoms with Gasteiger partial charge >= 0.3 is 12.1 Å². The number of carbonyl (C=O) groups excluding carboxylic acids is 1. The lowest BCUT2D eigenvalue weighted by Crippen LogP contribution is -2.44. The fraction of sp³-hybridized carbons (Fsp3) is 0.917. The predicted octanol–water partition coefficient (Wildman–Crippen LogP) is 7.83. The largest absolute Gasteiger partial charge is 0.480 e. The number of hydrogen-bond donors (Lipinski definition) is 2. The second kappa shape index (κ2) is 20.1. The van der Waals surface area contributed by atoms with Gasteiger partial charge in [-0.2, -0.15) is 0 Å². The molecule has 0 heterocycles. The number of carboxylic acids is 1. The molecular formula is C24H47NO4S2. The monoisotopic (exact) mass is 477 g/mol. The Balaban J connectivity index is 3.49. The molecule has 1 atom stereocenters. The highest BCUT2D eigenvalue weighted by Gasteiger charge is 2.23. The Bertz CT molecular complexity index is 455. The van der Waals surface area contributed by atoms with Crippen molar-refractivity contribution in [2.75, 3.05) is 11.5 Å². The van der Waals surface area contributed by atoms with Crippen LogP contribution in [0.5, 0.6) is 0 Å². The first-order chi connectivity index (χ1) is 14.8. The summed E-state index contributed by atoms with van der Waals surface area (Å²) in [6, 6.07) is -0.927. The zero-order chi connectivity index (χ0) is 23.4. The maximum absolute atomic E-state index is 11.7. The summed E-state index contributed by atoms with van der Waals surface area (Å²) in [4.78, 5) is 23.1. The molecule has 0 radical (unpaired) electrons. The topological polar surface area (TPSA) is 75.6 Å². The van der Waals surface area contributed by atoms with Gasteiger partial charge in [-0.05, 0) is 27.2 Å². The van der Waals surface area contributed by atoms with Gasteiger partial charge in [0.15, 0.2) is 0 Å². The molecule has 0 aliphatic heterocycles. The van der Waals surface area contributed by atoms with Gasteiger partial charge in [0.25, 0.3) is 0 Å². The minimum absolute atomic E-state index is 0.331. The van der Waals surface area contributed by atoms with Crippen molar-refractivity contribution in [1.82, 2.24) is 5.32 Å². The van der Waals surface area contributed by atoms with Gasteiger partial charge in [-0.25, -0.2) is 9.59 Å². The Hall–Kier alpha value is -0.560. The number of nitrogens with one attached hydrogen (secondary N) is 1. The van der Waals surface area contributed by atoms with Crippen LogP contribution in [0.15, 0.2) is 0 Å². The van der Waals surface area contributed by atoms with Gasteiger partial charge < -0.3 is 15.2 Å². The maximum Gasteiger partial charge on any atom is 0.408 e. The number of hydrogen-bond acceptors (Lipinski definition) is 5. The number of carboxylic acid groups (broad SMARTS) is 1. The normalized spacial score (nSPS) is 12.5. The van der Waals surface area contributed by atoms with Gasteiger partial charge in [-0.15, -0.1) is 0 Å². The summed E-state index contributed by atoms with van der Waals surface area (Å²) in [6.07, 6.45) is 18.2. The zero-order valence-corrected chi connectivity index (χ0v) is 22.0. The Morgan fingerprint density at radius 2 is 1.26 bits per heavy atom. The second-order valence-electron chi connectivity index (χ2n) is 9.24. The summed E-state index contributed by atoms with van der Waals surface area (Å²) in [5, 5.41) is 11.7. The van der Waals surface area contributed by atoms with Crippen molar-refractivity contribution >= 4 is 33.7 Å². The van der Waals surface area contributed by atoms with E-state index in [-0.39, 0.29) is 0 Å². The minimum atomic E-state index is -1.03. The summed E-state index contributed by atoms with van der Waals surface area (Å²) in [5.74, 6) is 0.315. The molecule has 0 saturated heterocycles. The molecule has 0 aromatic rings. The van der Waals surface area contributed by atoms with Crippen LogP contribution in [0, 0.1) is 0 Å². The van der Waals surface area contributed by atoms with Crippen molar-refractivity contribution < 1.29 is 19.4 Å². The molecule has 31 heavy (non-hydrogen) atoms. The number of amides is 1. The third-order valence-electron chi connectivity index (χ3n) is 4.89. The molecule has 1 amide bonds. The minimum Gasteiger partial charge on any atom is -0.480 e. The van der Waals surface area contributed by atoms with E-state index in [1.54, 1.807) is 31.6 Å². The number of rotatable bonds is 20. The Kier molecular flexibility index (Phi) is 19.7. The van der Waals surface area contributed by atoms with Gasteiger partial charge in [0.05, 0.1) is 0 Å². The molecule has 0 aromatic heterocycles. The molecular weight excluding hydrogens is 430 g/mol. The van der Waals surface area contributed by atoms with Crippen molar-refractivity contribution in [1.29, 1.82) is 0 Å². The standard InChI is InChI=1S/C24H47NO4S2/c1-5-6-7-8-9-10-11-12-13-14-15-16-17-18-19-30-31-20-21(22(26)27)25-23(28)29-24(2,3)4/h21H,5-20H2,1-4H3,(H,25,28)(H,26,27). The highest BCUT2D eigenvalue weighted by molar-refractivity contribution is 8.76. The number of ether oxygens (including phenoxy) is 1. The van der Waals surface area contributed by atoms with Crippen molar-refractivity contribution in [3.05, 3.63) is 0 Å². The van der Waals surface area contributed by atoms with Crippen LogP contribution in [0.3, 0.4) is 0 Å². The van der Waals surface area contributed by atoms with E-state index in [9.17, 15) is 14.7 Å². The summed E-state index contributed by atoms with van der Waals surface area (Å²) < 4.78 is 5.13. The fourth-order valence-electron chi connectivity index (χ4n) is 3.16. The van der Waals surface area contributed by atoms with E-state index in [4.69, 9.17) is 4.74 Å². The third-order valence-corrected chi connectivity index (χ3v) is 7.39. The SMILES string of the molecule is CCCCCCCCCCCCCCCCSSCC(NC(=O)OC(C)(C)C)C(=O)O. The molecule has 2 N–H and O–H groups in total. The van der Waals surface area contributed by atoms with E-state index in [0.29, 0.717) is 5.75 Å². The molecule has 0 spiro atoms. The van der Waals surface area contributed by atoms with E-state index in [1.807, 2.05) is 0 Å². The van der Waals surface area contributed by atoms with Crippen molar-refractivity contribution in [3.8, 4) is 0 Å². The molecule has 0 rings (SSSR count). The Morgan fingerprint density at radius 1 is 0.806 bits per heavy atom. The first-order valence-electron chi connectivity index (χ1n) is 12.2. The van der Waals surface area contributed by atoms with Gasteiger partial charge in [0, 0.05) is 11.5 Å². The van der Waals surface area contributed by atoms with Gasteiger partial charge in [-0.3, -0.25) is 0 Å². The van der Waals surface area contributed by atoms with Crippen LogP contribution in [0.1, 0.15) is 118 Å². The molecule has 0 aliphatic carbocycles. The first-order valence-corrected chi connectivity index (χ1v) is 14.7. The highest BCUT2D eigenvalue weighted by Crippen LogP contribution is 2.24. The Labute approximate surface area is 199 Å². The predicted molar refractivity (Wildman–Crippen MR) is 136 cm³/mol. The summed E-state index contributed by atoms with van der Waals surface area (Å²) in [5.41, 5.74) is -0.636. The Morgan fingerprint density at radius 3 is 1.68 bits per heavy atom. The van der Waals surface area contributed by atoms with Crippen molar-refractivity contribution in [2.24, 2.45) is 0 Å². The summed E-state index contributed by atoms with van der Waals surface area (Å²) in [6.45, 7) is 7.53. The molecule has 0 aromatic carbocycles. The highest BCUT2D eigenvalue weighted by atomic mass is 33.1. The van der Waals surface area contributed by atoms with Crippen molar-refractivity contribution in [2.45, 2.75) is 129 Å². The number of aliphatic carboxylic acids is 1. The molecule has 0 aliphatic rings. The van der Waals surface area contributed by atoms with Crippen LogP contribution in [-0.4, -0.2) is 40.3 Å². The van der Waals surface area contributed by atoms with Crippen LogP contribution in [0.4, 0.5) is 4.79 Å². The van der Waals surface area contributed by atoms with Crippen molar-refractivity contribution in [3.63, 3.8) is 0 Å². The fourth-order valence-corrected chi connectivity index (χ4v) is 5.46. The van der Waals surface area contributed by atoms with Gasteiger partial charge in [0.2, 0.25) is 0 Å². The zero-order valence-electron chi connectivity index (χ0n) is 20.4. The lowest BCUT2D eigenvalue weighted by atomic mass is 10.0. The number of carbonyl (C=O) groups is 2. The van der Waals surface area contributed by atoms with E-state index in [0.717, 1.165) is 12.2 Å². The lowest BCUT2D eigenvalue weighted by molar-refractivity contribution is -0.138. The molecule has 0 bridgehead atoms. The van der Waals surface area contributed by atoms with Gasteiger partial charge in [-0.1, -0.05) is 112 Å². The van der Waals surface area contributed by atoms with Crippen LogP contribution >= 0.6 is 21.6 Å². The van der Waals surface area contributed by atoms with E-state index >= 15 is 0 Å². The van der Waals surface area contributed by atoms with E-state index in [2.05, 4.69) is 12.2 Å². The molecule has 1 unspecified atom stereocenters. The first kappa shape index (κ1) is 30.4. The average Bonchev–Trinajstić information content (AvgIpc) is 2.67.